The minimum Gasteiger partial charge on any atom is -0.504 e. The van der Waals surface area contributed by atoms with Crippen LogP contribution >= 0.6 is 0 Å². The fraction of sp³-hybridized carbons (Fsp3) is 0. The number of hydrogen-bond acceptors (Lipinski definition) is 3. The van der Waals surface area contributed by atoms with Gasteiger partial charge in [0.25, 0.3) is 0 Å². The van der Waals surface area contributed by atoms with Gasteiger partial charge in [-0.2, -0.15) is 0 Å². The summed E-state index contributed by atoms with van der Waals surface area (Å²) in [6.45, 7) is 0. The standard InChI is InChI=1S/C15H12O3/c16-13(11-5-2-1-3-6-11)10-9-12-7-4-8-14(17)15(12)18/h1-10,17-18H/b10-9+. The fourth-order valence-electron chi connectivity index (χ4n) is 1.55. The minimum atomic E-state index is -0.227. The molecule has 0 fully saturated rings. The molecule has 0 amide bonds. The lowest BCUT2D eigenvalue weighted by atomic mass is 10.1. The van der Waals surface area contributed by atoms with Gasteiger partial charge in [-0.1, -0.05) is 42.5 Å². The van der Waals surface area contributed by atoms with Gasteiger partial charge in [0.2, 0.25) is 0 Å². The number of allylic oxidation sites excluding steroid dienone is 1. The summed E-state index contributed by atoms with van der Waals surface area (Å²) in [5.41, 5.74) is 0.979. The summed E-state index contributed by atoms with van der Waals surface area (Å²) in [5.74, 6) is -0.586. The number of carbonyl (C=O) groups is 1. The second-order valence-electron chi connectivity index (χ2n) is 3.78. The van der Waals surface area contributed by atoms with Gasteiger partial charge in [0, 0.05) is 11.1 Å². The molecule has 0 aliphatic carbocycles. The molecule has 0 bridgehead atoms. The molecule has 2 aromatic carbocycles. The van der Waals surface area contributed by atoms with Crippen molar-refractivity contribution in [2.24, 2.45) is 0 Å². The third kappa shape index (κ3) is 2.58. The van der Waals surface area contributed by atoms with Crippen LogP contribution in [-0.4, -0.2) is 16.0 Å². The SMILES string of the molecule is O=C(/C=C/c1cccc(O)c1O)c1ccccc1. The van der Waals surface area contributed by atoms with Crippen molar-refractivity contribution in [3.8, 4) is 11.5 Å². The Hall–Kier alpha value is -2.55. The van der Waals surface area contributed by atoms with E-state index < -0.39 is 0 Å². The quantitative estimate of drug-likeness (QED) is 0.492. The monoisotopic (exact) mass is 240 g/mol. The summed E-state index contributed by atoms with van der Waals surface area (Å²) in [7, 11) is 0. The summed E-state index contributed by atoms with van der Waals surface area (Å²) in [6, 6.07) is 13.4. The average molecular weight is 240 g/mol. The highest BCUT2D eigenvalue weighted by Crippen LogP contribution is 2.29. The molecule has 0 saturated heterocycles. The highest BCUT2D eigenvalue weighted by molar-refractivity contribution is 6.06. The lowest BCUT2D eigenvalue weighted by Crippen LogP contribution is -1.92. The van der Waals surface area contributed by atoms with E-state index in [2.05, 4.69) is 0 Å². The molecule has 0 aliphatic heterocycles. The maximum atomic E-state index is 11.8. The fourth-order valence-corrected chi connectivity index (χ4v) is 1.55. The van der Waals surface area contributed by atoms with E-state index in [0.29, 0.717) is 11.1 Å². The van der Waals surface area contributed by atoms with Gasteiger partial charge < -0.3 is 10.2 Å². The summed E-state index contributed by atoms with van der Waals surface area (Å²) < 4.78 is 0. The first kappa shape index (κ1) is 11.9. The Balaban J connectivity index is 2.22. The highest BCUT2D eigenvalue weighted by atomic mass is 16.3. The van der Waals surface area contributed by atoms with E-state index >= 15 is 0 Å². The van der Waals surface area contributed by atoms with Gasteiger partial charge in [-0.05, 0) is 18.2 Å². The number of rotatable bonds is 3. The molecule has 0 radical (unpaired) electrons. The van der Waals surface area contributed by atoms with Crippen molar-refractivity contribution in [1.29, 1.82) is 0 Å². The topological polar surface area (TPSA) is 57.5 Å². The van der Waals surface area contributed by atoms with Crippen LogP contribution in [0.25, 0.3) is 6.08 Å². The van der Waals surface area contributed by atoms with Gasteiger partial charge in [0.15, 0.2) is 17.3 Å². The first-order valence-electron chi connectivity index (χ1n) is 5.47. The smallest absolute Gasteiger partial charge is 0.185 e. The van der Waals surface area contributed by atoms with Crippen LogP contribution in [0.1, 0.15) is 15.9 Å². The van der Waals surface area contributed by atoms with E-state index in [9.17, 15) is 15.0 Å². The summed E-state index contributed by atoms with van der Waals surface area (Å²) >= 11 is 0. The molecule has 0 heterocycles. The van der Waals surface area contributed by atoms with Crippen molar-refractivity contribution in [3.05, 3.63) is 65.7 Å². The Morgan fingerprint density at radius 1 is 0.944 bits per heavy atom. The van der Waals surface area contributed by atoms with Gasteiger partial charge in [-0.15, -0.1) is 0 Å². The van der Waals surface area contributed by atoms with Crippen molar-refractivity contribution in [1.82, 2.24) is 0 Å². The minimum absolute atomic E-state index is 0.154. The average Bonchev–Trinajstić information content (AvgIpc) is 2.41. The first-order valence-corrected chi connectivity index (χ1v) is 5.47. The molecular formula is C15H12O3. The van der Waals surface area contributed by atoms with Gasteiger partial charge in [-0.3, -0.25) is 4.79 Å². The van der Waals surface area contributed by atoms with Crippen LogP contribution in [0.4, 0.5) is 0 Å². The molecular weight excluding hydrogens is 228 g/mol. The van der Waals surface area contributed by atoms with Crippen molar-refractivity contribution >= 4 is 11.9 Å². The maximum Gasteiger partial charge on any atom is 0.185 e. The lowest BCUT2D eigenvalue weighted by Gasteiger charge is -2.00. The molecule has 18 heavy (non-hydrogen) atoms. The molecule has 0 aliphatic rings. The molecule has 2 N–H and O–H groups in total. The zero-order chi connectivity index (χ0) is 13.0. The summed E-state index contributed by atoms with van der Waals surface area (Å²) in [6.07, 6.45) is 2.84. The Labute approximate surface area is 105 Å². The number of ketones is 1. The third-order valence-electron chi connectivity index (χ3n) is 2.52. The molecule has 90 valence electrons. The van der Waals surface area contributed by atoms with Crippen LogP contribution in [0.15, 0.2) is 54.6 Å². The second kappa shape index (κ2) is 5.19. The third-order valence-corrected chi connectivity index (χ3v) is 2.52. The number of hydrogen-bond donors (Lipinski definition) is 2. The van der Waals surface area contributed by atoms with E-state index in [-0.39, 0.29) is 17.3 Å². The molecule has 3 heteroatoms. The van der Waals surface area contributed by atoms with Crippen LogP contribution in [0.5, 0.6) is 11.5 Å². The Morgan fingerprint density at radius 2 is 1.67 bits per heavy atom. The van der Waals surface area contributed by atoms with Gasteiger partial charge in [0.05, 0.1) is 0 Å². The molecule has 0 spiro atoms. The molecule has 2 aromatic rings. The Kier molecular flexibility index (Phi) is 3.44. The van der Waals surface area contributed by atoms with E-state index in [4.69, 9.17) is 0 Å². The first-order chi connectivity index (χ1) is 8.68. The van der Waals surface area contributed by atoms with Crippen molar-refractivity contribution in [2.75, 3.05) is 0 Å². The summed E-state index contributed by atoms with van der Waals surface area (Å²) in [5, 5.41) is 18.9. The molecule has 0 aromatic heterocycles. The predicted molar refractivity (Wildman–Crippen MR) is 69.6 cm³/mol. The molecule has 0 atom stereocenters. The van der Waals surface area contributed by atoms with E-state index in [1.807, 2.05) is 6.07 Å². The van der Waals surface area contributed by atoms with Gasteiger partial charge >= 0.3 is 0 Å². The normalized spacial score (nSPS) is 10.7. The number of para-hydroxylation sites is 1. The van der Waals surface area contributed by atoms with Crippen LogP contribution < -0.4 is 0 Å². The highest BCUT2D eigenvalue weighted by Gasteiger charge is 2.04. The zero-order valence-corrected chi connectivity index (χ0v) is 9.58. The van der Waals surface area contributed by atoms with Crippen molar-refractivity contribution in [2.45, 2.75) is 0 Å². The number of benzene rings is 2. The van der Waals surface area contributed by atoms with Gasteiger partial charge in [0.1, 0.15) is 0 Å². The van der Waals surface area contributed by atoms with Crippen LogP contribution in [0.2, 0.25) is 0 Å². The maximum absolute atomic E-state index is 11.8. The van der Waals surface area contributed by atoms with E-state index in [1.165, 1.54) is 18.2 Å². The summed E-state index contributed by atoms with van der Waals surface area (Å²) in [4.78, 5) is 11.8. The van der Waals surface area contributed by atoms with E-state index in [1.54, 1.807) is 36.4 Å². The zero-order valence-electron chi connectivity index (χ0n) is 9.58. The van der Waals surface area contributed by atoms with Crippen LogP contribution in [0, 0.1) is 0 Å². The molecule has 3 nitrogen and oxygen atoms in total. The van der Waals surface area contributed by atoms with Crippen molar-refractivity contribution in [3.63, 3.8) is 0 Å². The second-order valence-corrected chi connectivity index (χ2v) is 3.78. The van der Waals surface area contributed by atoms with Crippen LogP contribution in [0.3, 0.4) is 0 Å². The van der Waals surface area contributed by atoms with Gasteiger partial charge in [-0.25, -0.2) is 0 Å². The number of phenolic OH excluding ortho intramolecular Hbond substituents is 2. The number of carbonyl (C=O) groups excluding carboxylic acids is 1. The Morgan fingerprint density at radius 3 is 2.39 bits per heavy atom. The lowest BCUT2D eigenvalue weighted by molar-refractivity contribution is 0.104. The van der Waals surface area contributed by atoms with Crippen LogP contribution in [-0.2, 0) is 0 Å². The number of phenols is 2. The molecule has 0 saturated carbocycles. The molecule has 0 unspecified atom stereocenters. The van der Waals surface area contributed by atoms with Crippen molar-refractivity contribution < 1.29 is 15.0 Å². The number of aromatic hydroxyl groups is 2. The largest absolute Gasteiger partial charge is 0.504 e. The van der Waals surface area contributed by atoms with E-state index in [0.717, 1.165) is 0 Å². The molecule has 2 rings (SSSR count). The Bertz CT molecular complexity index is 586. The predicted octanol–water partition coefficient (Wildman–Crippen LogP) is 2.99.